The molecular weight excluding hydrogens is 271 g/mol. The summed E-state index contributed by atoms with van der Waals surface area (Å²) < 4.78 is 9.70. The average Bonchev–Trinajstić information content (AvgIpc) is 2.24. The van der Waals surface area contributed by atoms with Crippen LogP contribution in [0.25, 0.3) is 0 Å². The van der Waals surface area contributed by atoms with Crippen molar-refractivity contribution in [2.45, 2.75) is 42.8 Å². The third kappa shape index (κ3) is 8.78. The molecule has 0 aromatic rings. The van der Waals surface area contributed by atoms with E-state index in [4.69, 9.17) is 9.47 Å². The van der Waals surface area contributed by atoms with Crippen LogP contribution in [0.4, 0.5) is 0 Å². The summed E-state index contributed by atoms with van der Waals surface area (Å²) in [6.45, 7) is 4.50. The number of hydrogen-bond acceptors (Lipinski definition) is 4. The first-order chi connectivity index (χ1) is 7.60. The van der Waals surface area contributed by atoms with Gasteiger partial charge >= 0.3 is 102 Å². The quantitative estimate of drug-likeness (QED) is 0.507. The number of carbonyl (C=O) groups is 2. The SMILES string of the molecule is CCOC(=O)CC[As](C)CCC(=O)OCC. The van der Waals surface area contributed by atoms with Gasteiger partial charge in [0.15, 0.2) is 0 Å². The minimum atomic E-state index is -1.03. The molecule has 0 saturated carbocycles. The van der Waals surface area contributed by atoms with Crippen LogP contribution in [0.15, 0.2) is 0 Å². The van der Waals surface area contributed by atoms with Crippen molar-refractivity contribution in [1.82, 2.24) is 0 Å². The van der Waals surface area contributed by atoms with Gasteiger partial charge in [0.1, 0.15) is 0 Å². The zero-order chi connectivity index (χ0) is 12.4. The van der Waals surface area contributed by atoms with E-state index in [1.54, 1.807) is 13.8 Å². The zero-order valence-electron chi connectivity index (χ0n) is 10.3. The summed E-state index contributed by atoms with van der Waals surface area (Å²) in [6, 6.07) is 0. The van der Waals surface area contributed by atoms with Gasteiger partial charge in [-0.3, -0.25) is 0 Å². The van der Waals surface area contributed by atoms with Crippen molar-refractivity contribution in [3.8, 4) is 0 Å². The third-order valence-corrected chi connectivity index (χ3v) is 6.15. The Morgan fingerprint density at radius 2 is 1.31 bits per heavy atom. The number of esters is 2. The van der Waals surface area contributed by atoms with E-state index >= 15 is 0 Å². The van der Waals surface area contributed by atoms with E-state index in [0.29, 0.717) is 26.1 Å². The monoisotopic (exact) mass is 292 g/mol. The van der Waals surface area contributed by atoms with E-state index in [1.165, 1.54) is 0 Å². The van der Waals surface area contributed by atoms with E-state index < -0.39 is 14.7 Å². The first-order valence-electron chi connectivity index (χ1n) is 5.59. The van der Waals surface area contributed by atoms with Crippen molar-refractivity contribution >= 4 is 26.6 Å². The molecule has 0 saturated heterocycles. The summed E-state index contributed by atoms with van der Waals surface area (Å²) in [5.74, 6) is -0.250. The molecule has 4 nitrogen and oxygen atoms in total. The molecule has 0 atom stereocenters. The van der Waals surface area contributed by atoms with Gasteiger partial charge in [0.25, 0.3) is 0 Å². The normalized spacial score (nSPS) is 10.2. The van der Waals surface area contributed by atoms with Crippen LogP contribution < -0.4 is 0 Å². The fraction of sp³-hybridized carbons (Fsp3) is 0.818. The van der Waals surface area contributed by atoms with Crippen molar-refractivity contribution < 1.29 is 19.1 Å². The Bertz CT molecular complexity index is 196. The first-order valence-corrected chi connectivity index (χ1v) is 10.1. The van der Waals surface area contributed by atoms with Gasteiger partial charge in [-0.05, 0) is 0 Å². The van der Waals surface area contributed by atoms with Crippen molar-refractivity contribution in [2.24, 2.45) is 0 Å². The maximum absolute atomic E-state index is 11.1. The van der Waals surface area contributed by atoms with Crippen molar-refractivity contribution in [3.63, 3.8) is 0 Å². The Balaban J connectivity index is 3.54. The predicted molar refractivity (Wildman–Crippen MR) is 63.7 cm³/mol. The van der Waals surface area contributed by atoms with Crippen LogP contribution >= 0.6 is 0 Å². The van der Waals surface area contributed by atoms with Crippen LogP contribution in [0.5, 0.6) is 0 Å². The molecule has 5 heteroatoms. The van der Waals surface area contributed by atoms with Gasteiger partial charge in [-0.1, -0.05) is 0 Å². The zero-order valence-corrected chi connectivity index (χ0v) is 12.2. The summed E-state index contributed by atoms with van der Waals surface area (Å²) in [5.41, 5.74) is 2.17. The molecule has 94 valence electrons. The Morgan fingerprint density at radius 1 is 0.938 bits per heavy atom. The summed E-state index contributed by atoms with van der Waals surface area (Å²) >= 11 is -1.03. The summed E-state index contributed by atoms with van der Waals surface area (Å²) in [4.78, 5) is 22.2. The van der Waals surface area contributed by atoms with Crippen LogP contribution in [0.3, 0.4) is 0 Å². The second kappa shape index (κ2) is 9.71. The maximum atomic E-state index is 11.1. The predicted octanol–water partition coefficient (Wildman–Crippen LogP) is 2.02. The standard InChI is InChI=1S/C11H21AsO4/c1-4-15-10(13)6-8-12(3)9-7-11(14)16-5-2/h4-9H2,1-3H3. The second-order valence-electron chi connectivity index (χ2n) is 3.41. The van der Waals surface area contributed by atoms with Crippen molar-refractivity contribution in [2.75, 3.05) is 13.2 Å². The van der Waals surface area contributed by atoms with Crippen LogP contribution in [-0.4, -0.2) is 39.8 Å². The summed E-state index contributed by atoms with van der Waals surface area (Å²) in [5, 5.41) is 1.82. The van der Waals surface area contributed by atoms with E-state index in [1.807, 2.05) is 0 Å². The van der Waals surface area contributed by atoms with Crippen LogP contribution in [0, 0.1) is 0 Å². The topological polar surface area (TPSA) is 52.6 Å². The fourth-order valence-corrected chi connectivity index (χ4v) is 3.98. The summed E-state index contributed by atoms with van der Waals surface area (Å²) in [7, 11) is 0. The fourth-order valence-electron chi connectivity index (χ4n) is 1.14. The molecule has 0 fully saturated rings. The van der Waals surface area contributed by atoms with E-state index in [2.05, 4.69) is 5.71 Å². The minimum absolute atomic E-state index is 0.125. The van der Waals surface area contributed by atoms with Gasteiger partial charge in [0.2, 0.25) is 0 Å². The van der Waals surface area contributed by atoms with Crippen molar-refractivity contribution in [1.29, 1.82) is 0 Å². The Labute approximate surface area is 102 Å². The molecule has 0 aliphatic carbocycles. The van der Waals surface area contributed by atoms with E-state index in [0.717, 1.165) is 10.4 Å². The van der Waals surface area contributed by atoms with E-state index in [-0.39, 0.29) is 11.9 Å². The van der Waals surface area contributed by atoms with Gasteiger partial charge in [0.05, 0.1) is 0 Å². The average molecular weight is 292 g/mol. The van der Waals surface area contributed by atoms with Gasteiger partial charge in [-0.15, -0.1) is 0 Å². The Hall–Kier alpha value is -0.502. The second-order valence-corrected chi connectivity index (χ2v) is 8.88. The van der Waals surface area contributed by atoms with Crippen LogP contribution in [-0.2, 0) is 19.1 Å². The van der Waals surface area contributed by atoms with E-state index in [9.17, 15) is 9.59 Å². The number of rotatable bonds is 8. The van der Waals surface area contributed by atoms with Crippen LogP contribution in [0.2, 0.25) is 16.1 Å². The molecule has 0 aromatic heterocycles. The molecule has 0 bridgehead atoms. The molecule has 0 N–H and O–H groups in total. The molecule has 16 heavy (non-hydrogen) atoms. The molecule has 0 aliphatic rings. The van der Waals surface area contributed by atoms with Gasteiger partial charge in [-0.2, -0.15) is 0 Å². The third-order valence-electron chi connectivity index (χ3n) is 2.01. The molecule has 0 unspecified atom stereocenters. The molecule has 0 heterocycles. The van der Waals surface area contributed by atoms with Gasteiger partial charge in [0, 0.05) is 0 Å². The summed E-state index contributed by atoms with van der Waals surface area (Å²) in [6.07, 6.45) is 0.986. The molecule has 0 aliphatic heterocycles. The van der Waals surface area contributed by atoms with Crippen molar-refractivity contribution in [3.05, 3.63) is 0 Å². The molecule has 0 radical (unpaired) electrons. The molecular formula is C11H21AsO4. The number of hydrogen-bond donors (Lipinski definition) is 0. The molecule has 0 rings (SSSR count). The molecule has 0 aromatic carbocycles. The Kier molecular flexibility index (Phi) is 9.40. The van der Waals surface area contributed by atoms with Gasteiger partial charge < -0.3 is 0 Å². The Morgan fingerprint density at radius 3 is 1.62 bits per heavy atom. The van der Waals surface area contributed by atoms with Crippen LogP contribution in [0.1, 0.15) is 26.7 Å². The first kappa shape index (κ1) is 15.5. The van der Waals surface area contributed by atoms with Gasteiger partial charge in [-0.25, -0.2) is 0 Å². The molecule has 0 amide bonds. The number of carbonyl (C=O) groups excluding carboxylic acids is 2. The molecule has 0 spiro atoms. The number of ether oxygens (including phenoxy) is 2.